The van der Waals surface area contributed by atoms with Crippen LogP contribution >= 0.6 is 0 Å². The predicted molar refractivity (Wildman–Crippen MR) is 65.7 cm³/mol. The van der Waals surface area contributed by atoms with Crippen LogP contribution in [0.25, 0.3) is 5.82 Å². The Morgan fingerprint density at radius 2 is 2.11 bits per heavy atom. The molecular formula is C12H15N5O. The van der Waals surface area contributed by atoms with Crippen molar-refractivity contribution in [1.82, 2.24) is 24.8 Å². The molecule has 1 aliphatic heterocycles. The Morgan fingerprint density at radius 1 is 1.22 bits per heavy atom. The summed E-state index contributed by atoms with van der Waals surface area (Å²) in [4.78, 5) is 12.6. The van der Waals surface area contributed by atoms with E-state index in [1.54, 1.807) is 24.9 Å². The van der Waals surface area contributed by atoms with Crippen LogP contribution in [0.2, 0.25) is 0 Å². The summed E-state index contributed by atoms with van der Waals surface area (Å²) in [6.45, 7) is 2.00. The van der Waals surface area contributed by atoms with Gasteiger partial charge in [-0.25, -0.2) is 4.98 Å². The minimum absolute atomic E-state index is 0.235. The summed E-state index contributed by atoms with van der Waals surface area (Å²) in [5.74, 6) is 1.30. The van der Waals surface area contributed by atoms with Crippen molar-refractivity contribution in [3.05, 3.63) is 31.1 Å². The van der Waals surface area contributed by atoms with Crippen molar-refractivity contribution in [3.8, 4) is 11.7 Å². The first-order chi connectivity index (χ1) is 8.92. The topological polar surface area (TPSA) is 64.9 Å². The molecule has 6 nitrogen and oxygen atoms in total. The fourth-order valence-electron chi connectivity index (χ4n) is 2.00. The molecule has 1 aliphatic rings. The van der Waals surface area contributed by atoms with Gasteiger partial charge in [0.2, 0.25) is 5.88 Å². The molecule has 0 unspecified atom stereocenters. The molecule has 0 aromatic carbocycles. The van der Waals surface area contributed by atoms with Gasteiger partial charge in [0.25, 0.3) is 0 Å². The van der Waals surface area contributed by atoms with Crippen LogP contribution in [0, 0.1) is 0 Å². The van der Waals surface area contributed by atoms with Crippen LogP contribution in [0.5, 0.6) is 5.88 Å². The minimum Gasteiger partial charge on any atom is -0.473 e. The van der Waals surface area contributed by atoms with Crippen LogP contribution in [-0.2, 0) is 0 Å². The molecule has 2 aromatic heterocycles. The molecule has 0 bridgehead atoms. The molecule has 0 aliphatic carbocycles. The number of nitrogens with one attached hydrogen (secondary N) is 1. The monoisotopic (exact) mass is 245 g/mol. The molecule has 6 heteroatoms. The van der Waals surface area contributed by atoms with Gasteiger partial charge < -0.3 is 10.1 Å². The number of piperidine rings is 1. The van der Waals surface area contributed by atoms with Gasteiger partial charge in [0.1, 0.15) is 12.4 Å². The molecular weight excluding hydrogens is 230 g/mol. The zero-order chi connectivity index (χ0) is 12.2. The Balaban J connectivity index is 1.74. The summed E-state index contributed by atoms with van der Waals surface area (Å²) in [6, 6.07) is 0. The van der Waals surface area contributed by atoms with Gasteiger partial charge in [-0.15, -0.1) is 0 Å². The van der Waals surface area contributed by atoms with Crippen LogP contribution in [0.15, 0.2) is 31.1 Å². The van der Waals surface area contributed by atoms with Crippen LogP contribution < -0.4 is 10.1 Å². The van der Waals surface area contributed by atoms with Gasteiger partial charge in [0.05, 0.1) is 12.4 Å². The number of hydrogen-bond acceptors (Lipinski definition) is 5. The first-order valence-electron chi connectivity index (χ1n) is 6.09. The number of rotatable bonds is 3. The smallest absolute Gasteiger partial charge is 0.234 e. The second-order valence-electron chi connectivity index (χ2n) is 4.25. The SMILES string of the molecule is c1cn(-c2cncc(OC3CCNCC3)n2)cn1. The highest BCUT2D eigenvalue weighted by Gasteiger charge is 2.15. The Hall–Kier alpha value is -1.95. The molecule has 0 atom stereocenters. The van der Waals surface area contributed by atoms with E-state index >= 15 is 0 Å². The second-order valence-corrected chi connectivity index (χ2v) is 4.25. The normalized spacial score (nSPS) is 16.7. The number of nitrogens with zero attached hydrogens (tertiary/aromatic N) is 4. The standard InChI is InChI=1S/C12H15N5O/c1-3-13-4-2-10(1)18-12-8-15-7-11(16-12)17-6-5-14-9-17/h5-10,13H,1-4H2. The summed E-state index contributed by atoms with van der Waals surface area (Å²) in [5, 5.41) is 3.31. The van der Waals surface area contributed by atoms with E-state index < -0.39 is 0 Å². The lowest BCUT2D eigenvalue weighted by Crippen LogP contribution is -2.34. The van der Waals surface area contributed by atoms with E-state index in [9.17, 15) is 0 Å². The molecule has 3 heterocycles. The third-order valence-corrected chi connectivity index (χ3v) is 2.94. The molecule has 18 heavy (non-hydrogen) atoms. The molecule has 1 fully saturated rings. The molecule has 0 amide bonds. The van der Waals surface area contributed by atoms with E-state index in [0.29, 0.717) is 5.88 Å². The second kappa shape index (κ2) is 5.14. The number of aromatic nitrogens is 4. The first-order valence-corrected chi connectivity index (χ1v) is 6.09. The van der Waals surface area contributed by atoms with Crippen LogP contribution in [0.4, 0.5) is 0 Å². The highest BCUT2D eigenvalue weighted by molar-refractivity contribution is 5.22. The van der Waals surface area contributed by atoms with Crippen LogP contribution in [0.3, 0.4) is 0 Å². The van der Waals surface area contributed by atoms with Gasteiger partial charge in [-0.2, -0.15) is 4.98 Å². The van der Waals surface area contributed by atoms with Gasteiger partial charge in [-0.1, -0.05) is 0 Å². The molecule has 0 saturated carbocycles. The summed E-state index contributed by atoms with van der Waals surface area (Å²) < 4.78 is 7.65. The van der Waals surface area contributed by atoms with Crippen molar-refractivity contribution in [3.63, 3.8) is 0 Å². The van der Waals surface area contributed by atoms with Crippen molar-refractivity contribution in [2.24, 2.45) is 0 Å². The summed E-state index contributed by atoms with van der Waals surface area (Å²) in [6.07, 6.45) is 10.8. The maximum Gasteiger partial charge on any atom is 0.234 e. The minimum atomic E-state index is 0.235. The van der Waals surface area contributed by atoms with Crippen LogP contribution in [-0.4, -0.2) is 38.7 Å². The van der Waals surface area contributed by atoms with Gasteiger partial charge in [0.15, 0.2) is 5.82 Å². The first kappa shape index (κ1) is 11.2. The van der Waals surface area contributed by atoms with Gasteiger partial charge in [0, 0.05) is 12.4 Å². The van der Waals surface area contributed by atoms with Crippen molar-refractivity contribution < 1.29 is 4.74 Å². The summed E-state index contributed by atoms with van der Waals surface area (Å²) in [5.41, 5.74) is 0. The Morgan fingerprint density at radius 3 is 2.89 bits per heavy atom. The maximum absolute atomic E-state index is 5.85. The Bertz CT molecular complexity index is 493. The molecule has 3 rings (SSSR count). The van der Waals surface area contributed by atoms with Gasteiger partial charge in [-0.05, 0) is 25.9 Å². The van der Waals surface area contributed by atoms with E-state index in [4.69, 9.17) is 4.74 Å². The molecule has 94 valence electrons. The summed E-state index contributed by atoms with van der Waals surface area (Å²) >= 11 is 0. The van der Waals surface area contributed by atoms with Crippen molar-refractivity contribution in [1.29, 1.82) is 0 Å². The third-order valence-electron chi connectivity index (χ3n) is 2.94. The zero-order valence-corrected chi connectivity index (χ0v) is 9.99. The summed E-state index contributed by atoms with van der Waals surface area (Å²) in [7, 11) is 0. The fourth-order valence-corrected chi connectivity index (χ4v) is 2.00. The lowest BCUT2D eigenvalue weighted by molar-refractivity contribution is 0.155. The molecule has 1 saturated heterocycles. The average Bonchev–Trinajstić information content (AvgIpc) is 2.94. The highest BCUT2D eigenvalue weighted by Crippen LogP contribution is 2.14. The molecule has 0 radical (unpaired) electrons. The Labute approximate surface area is 105 Å². The number of imidazole rings is 1. The largest absolute Gasteiger partial charge is 0.473 e. The maximum atomic E-state index is 5.85. The van der Waals surface area contributed by atoms with Gasteiger partial charge in [-0.3, -0.25) is 9.55 Å². The lowest BCUT2D eigenvalue weighted by Gasteiger charge is -2.23. The van der Waals surface area contributed by atoms with Crippen molar-refractivity contribution in [2.75, 3.05) is 13.1 Å². The third kappa shape index (κ3) is 2.48. The predicted octanol–water partition coefficient (Wildman–Crippen LogP) is 0.793. The Kier molecular flexibility index (Phi) is 3.18. The van der Waals surface area contributed by atoms with Crippen molar-refractivity contribution >= 4 is 0 Å². The lowest BCUT2D eigenvalue weighted by atomic mass is 10.1. The van der Waals surface area contributed by atoms with E-state index in [-0.39, 0.29) is 6.10 Å². The zero-order valence-electron chi connectivity index (χ0n) is 9.99. The van der Waals surface area contributed by atoms with E-state index in [1.807, 2.05) is 10.8 Å². The van der Waals surface area contributed by atoms with Crippen LogP contribution in [0.1, 0.15) is 12.8 Å². The average molecular weight is 245 g/mol. The molecule has 2 aromatic rings. The quantitative estimate of drug-likeness (QED) is 0.866. The van der Waals surface area contributed by atoms with E-state index in [2.05, 4.69) is 20.3 Å². The number of hydrogen-bond donors (Lipinski definition) is 1. The van der Waals surface area contributed by atoms with E-state index in [0.717, 1.165) is 31.7 Å². The highest BCUT2D eigenvalue weighted by atomic mass is 16.5. The number of ether oxygens (including phenoxy) is 1. The van der Waals surface area contributed by atoms with Gasteiger partial charge >= 0.3 is 0 Å². The molecule has 1 N–H and O–H groups in total. The molecule has 0 spiro atoms. The van der Waals surface area contributed by atoms with Crippen molar-refractivity contribution in [2.45, 2.75) is 18.9 Å². The fraction of sp³-hybridized carbons (Fsp3) is 0.417. The van der Waals surface area contributed by atoms with E-state index in [1.165, 1.54) is 0 Å².